The summed E-state index contributed by atoms with van der Waals surface area (Å²) in [4.78, 5) is 11.8. The van der Waals surface area contributed by atoms with Gasteiger partial charge in [0.1, 0.15) is 19.5 Å². The molecular formula is C13H11N3O. The number of hydrogen-bond donors (Lipinski definition) is 0. The van der Waals surface area contributed by atoms with Crippen LogP contribution < -0.4 is 0 Å². The van der Waals surface area contributed by atoms with E-state index in [-0.39, 0.29) is 6.24 Å². The average molecular weight is 226 g/mol. The third-order valence-electron chi connectivity index (χ3n) is 1.91. The lowest BCUT2D eigenvalue weighted by atomic mass is 10.3. The summed E-state index contributed by atoms with van der Waals surface area (Å²) in [6.45, 7) is 0. The first-order valence-corrected chi connectivity index (χ1v) is 5.03. The van der Waals surface area contributed by atoms with Crippen LogP contribution in [0.4, 0.5) is 0 Å². The second-order valence-electron chi connectivity index (χ2n) is 3.07. The molecule has 0 atom stereocenters. The molecule has 17 heavy (non-hydrogen) atoms. The van der Waals surface area contributed by atoms with Gasteiger partial charge in [0.2, 0.25) is 0 Å². The summed E-state index contributed by atoms with van der Waals surface area (Å²) in [5.41, 5.74) is 0.554. The molecule has 2 aromatic rings. The smallest absolute Gasteiger partial charge is 0.135 e. The fourth-order valence-corrected chi connectivity index (χ4v) is 1.17. The van der Waals surface area contributed by atoms with Gasteiger partial charge in [0.25, 0.3) is 0 Å². The lowest BCUT2D eigenvalue weighted by Crippen LogP contribution is -1.68. The molecule has 0 aliphatic heterocycles. The van der Waals surface area contributed by atoms with E-state index in [4.69, 9.17) is 5.79 Å². The molecular weight excluding hydrogens is 214 g/mol. The first-order valence-electron chi connectivity index (χ1n) is 5.53. The predicted molar refractivity (Wildman–Crippen MR) is 64.9 cm³/mol. The van der Waals surface area contributed by atoms with E-state index in [1.807, 2.05) is 18.2 Å². The Morgan fingerprint density at radius 1 is 0.941 bits per heavy atom. The summed E-state index contributed by atoms with van der Waals surface area (Å²) in [7, 11) is 0. The van der Waals surface area contributed by atoms with E-state index in [2.05, 4.69) is 15.0 Å². The zero-order chi connectivity index (χ0) is 12.6. The molecule has 0 fully saturated rings. The number of para-hydroxylation sites is 1. The van der Waals surface area contributed by atoms with E-state index in [9.17, 15) is 0 Å². The Morgan fingerprint density at radius 3 is 2.82 bits per heavy atom. The van der Waals surface area contributed by atoms with Gasteiger partial charge in [-0.15, -0.1) is 0 Å². The zero-order valence-electron chi connectivity index (χ0n) is 10.0. The van der Waals surface area contributed by atoms with Crippen molar-refractivity contribution >= 4 is 11.0 Å². The minimum atomic E-state index is -0.0411. The number of benzene rings is 1. The van der Waals surface area contributed by atoms with E-state index >= 15 is 0 Å². The van der Waals surface area contributed by atoms with E-state index in [0.717, 1.165) is 5.39 Å². The summed E-state index contributed by atoms with van der Waals surface area (Å²) in [6, 6.07) is 8.95. The third kappa shape index (κ3) is 3.53. The van der Waals surface area contributed by atoms with Gasteiger partial charge in [-0.05, 0) is 18.2 Å². The molecule has 4 heteroatoms. The quantitative estimate of drug-likeness (QED) is 0.693. The first-order chi connectivity index (χ1) is 8.86. The summed E-state index contributed by atoms with van der Waals surface area (Å²) in [6.07, 6.45) is 7.40. The third-order valence-corrected chi connectivity index (χ3v) is 1.91. The molecule has 0 amide bonds. The minimum absolute atomic E-state index is 0.0411. The normalized spacial score (nSPS) is 10.0. The van der Waals surface area contributed by atoms with Crippen molar-refractivity contribution in [3.63, 3.8) is 0 Å². The molecule has 0 radical (unpaired) electrons. The van der Waals surface area contributed by atoms with Crippen LogP contribution in [0.3, 0.4) is 0 Å². The number of nitrogens with zero attached hydrogens (tertiary/aromatic N) is 3. The fourth-order valence-electron chi connectivity index (χ4n) is 1.17. The van der Waals surface area contributed by atoms with Gasteiger partial charge in [-0.1, -0.05) is 12.1 Å². The zero-order valence-corrected chi connectivity index (χ0v) is 9.02. The summed E-state index contributed by atoms with van der Waals surface area (Å²) < 4.78 is 13.0. The number of rotatable bonds is 0. The van der Waals surface area contributed by atoms with E-state index in [1.165, 1.54) is 18.7 Å². The van der Waals surface area contributed by atoms with Gasteiger partial charge >= 0.3 is 0 Å². The summed E-state index contributed by atoms with van der Waals surface area (Å²) in [5.74, 6) is 0. The van der Waals surface area contributed by atoms with E-state index < -0.39 is 0 Å². The predicted octanol–water partition coefficient (Wildman–Crippen LogP) is 2.87. The van der Waals surface area contributed by atoms with Gasteiger partial charge in [0.15, 0.2) is 0 Å². The second kappa shape index (κ2) is 6.17. The van der Waals surface area contributed by atoms with Gasteiger partial charge in [0, 0.05) is 24.0 Å². The van der Waals surface area contributed by atoms with Crippen molar-refractivity contribution in [3.8, 4) is 0 Å². The first kappa shape index (κ1) is 9.72. The maximum atomic E-state index is 7.61. The van der Waals surface area contributed by atoms with Crippen molar-refractivity contribution in [1.29, 1.82) is 0 Å². The van der Waals surface area contributed by atoms with Crippen molar-refractivity contribution in [3.05, 3.63) is 67.7 Å². The summed E-state index contributed by atoms with van der Waals surface area (Å²) in [5, 5.41) is 0.773. The fraction of sp³-hybridized carbons (Fsp3) is 0. The van der Waals surface area contributed by atoms with Crippen LogP contribution in [0.15, 0.2) is 72.1 Å². The molecule has 0 bridgehead atoms. The molecule has 1 aromatic heterocycles. The van der Waals surface area contributed by atoms with Crippen molar-refractivity contribution in [2.45, 2.75) is 0 Å². The molecule has 1 aromatic carbocycles. The van der Waals surface area contributed by atoms with Crippen molar-refractivity contribution in [2.75, 3.05) is 0 Å². The topological polar surface area (TPSA) is 51.8 Å². The van der Waals surface area contributed by atoms with Crippen molar-refractivity contribution in [2.24, 2.45) is 0 Å². The molecule has 4 nitrogen and oxygen atoms in total. The Bertz CT molecular complexity index is 640. The average Bonchev–Trinajstić information content (AvgIpc) is 2.39. The highest BCUT2D eigenvalue weighted by molar-refractivity contribution is 5.74. The van der Waals surface area contributed by atoms with Crippen LogP contribution in [0.1, 0.15) is 1.37 Å². The highest BCUT2D eigenvalue weighted by Gasteiger charge is 1.86. The van der Waals surface area contributed by atoms with Crippen LogP contribution in [0.2, 0.25) is 0 Å². The Kier molecular flexibility index (Phi) is 3.53. The van der Waals surface area contributed by atoms with Crippen molar-refractivity contribution < 1.29 is 5.79 Å². The van der Waals surface area contributed by atoms with Crippen LogP contribution in [-0.2, 0) is 0 Å². The molecule has 0 aliphatic rings. The Morgan fingerprint density at radius 2 is 1.82 bits per heavy atom. The number of fused-ring (bicyclic) bond motifs is 1. The van der Waals surface area contributed by atoms with Gasteiger partial charge in [-0.25, -0.2) is 9.97 Å². The van der Waals surface area contributed by atoms with Gasteiger partial charge in [-0.2, -0.15) is 0 Å². The molecule has 0 saturated carbocycles. The Labute approximate surface area is 100 Å². The number of hydrogen-bond acceptors (Lipinski definition) is 4. The molecule has 0 aliphatic carbocycles. The van der Waals surface area contributed by atoms with Crippen LogP contribution >= 0.6 is 0 Å². The van der Waals surface area contributed by atoms with E-state index in [0.29, 0.717) is 5.58 Å². The van der Waals surface area contributed by atoms with E-state index in [1.54, 1.807) is 24.5 Å². The molecule has 1 heterocycles. The number of aromatic nitrogens is 3. The summed E-state index contributed by atoms with van der Waals surface area (Å²) >= 11 is 0. The molecule has 2 rings (SSSR count). The molecule has 84 valence electrons. The van der Waals surface area contributed by atoms with Crippen molar-refractivity contribution in [1.82, 2.24) is 15.0 Å². The van der Waals surface area contributed by atoms with Gasteiger partial charge < -0.3 is 4.42 Å². The standard InChI is InChI=1S/C13H11N3O/c1-2-5-13-12(4-1)10-16-11-15-7-3-6-14-8-9-17-13/h1-11H/i9D. The lowest BCUT2D eigenvalue weighted by Gasteiger charge is -1.88. The SMILES string of the molecule is [2H]c1cncccncncc2ccccc2o1. The van der Waals surface area contributed by atoms with Crippen LogP contribution in [0.5, 0.6) is 0 Å². The second-order valence-corrected chi connectivity index (χ2v) is 3.07. The highest BCUT2D eigenvalue weighted by atomic mass is 16.3. The van der Waals surface area contributed by atoms with Gasteiger partial charge in [0.05, 0.1) is 6.20 Å². The Balaban J connectivity index is 2.75. The maximum absolute atomic E-state index is 7.61. The Hall–Kier alpha value is -2.49. The maximum Gasteiger partial charge on any atom is 0.135 e. The van der Waals surface area contributed by atoms with Crippen LogP contribution in [-0.4, -0.2) is 15.0 Å². The molecule has 0 saturated heterocycles. The van der Waals surface area contributed by atoms with Gasteiger partial charge in [-0.3, -0.25) is 4.98 Å². The molecule has 0 spiro atoms. The largest absolute Gasteiger partial charge is 0.463 e. The monoisotopic (exact) mass is 226 g/mol. The highest BCUT2D eigenvalue weighted by Crippen LogP contribution is 2.07. The molecule has 0 N–H and O–H groups in total. The lowest BCUT2D eigenvalue weighted by molar-refractivity contribution is 0.604. The minimum Gasteiger partial charge on any atom is -0.463 e. The van der Waals surface area contributed by atoms with Crippen LogP contribution in [0, 0.1) is 0 Å². The van der Waals surface area contributed by atoms with Crippen LogP contribution in [0.25, 0.3) is 11.0 Å². The molecule has 0 unspecified atom stereocenters.